The average Bonchev–Trinajstić information content (AvgIpc) is 2.73. The molecule has 1 N–H and O–H groups in total. The van der Waals surface area contributed by atoms with Crippen molar-refractivity contribution in [2.75, 3.05) is 39.3 Å². The maximum atomic E-state index is 13.5. The first-order valence-corrected chi connectivity index (χ1v) is 11.0. The second-order valence-corrected chi connectivity index (χ2v) is 9.00. The van der Waals surface area contributed by atoms with E-state index in [2.05, 4.69) is 0 Å². The quantitative estimate of drug-likeness (QED) is 0.641. The number of para-hydroxylation sites is 1. The van der Waals surface area contributed by atoms with Crippen LogP contribution in [0.5, 0.6) is 5.75 Å². The van der Waals surface area contributed by atoms with Gasteiger partial charge < -0.3 is 9.84 Å². The van der Waals surface area contributed by atoms with Gasteiger partial charge in [-0.2, -0.15) is 17.5 Å². The predicted octanol–water partition coefficient (Wildman–Crippen LogP) is 2.59. The molecule has 0 aromatic heterocycles. The highest BCUT2D eigenvalue weighted by Crippen LogP contribution is 2.35. The lowest BCUT2D eigenvalue weighted by atomic mass is 10.2. The van der Waals surface area contributed by atoms with Crippen LogP contribution in [-0.4, -0.2) is 68.2 Å². The SMILES string of the molecule is O=S(=O)(c1ccccc1C(F)(F)F)N1CCN(C[C@@H](O)COc2ccccc2F)CC1. The minimum atomic E-state index is -4.78. The highest BCUT2D eigenvalue weighted by atomic mass is 32.2. The topological polar surface area (TPSA) is 70.1 Å². The van der Waals surface area contributed by atoms with E-state index in [0.717, 1.165) is 22.5 Å². The molecule has 170 valence electrons. The third kappa shape index (κ3) is 5.73. The van der Waals surface area contributed by atoms with Crippen molar-refractivity contribution in [1.82, 2.24) is 9.21 Å². The molecule has 0 saturated carbocycles. The molecule has 0 bridgehead atoms. The molecule has 2 aromatic rings. The standard InChI is InChI=1S/C20H22F4N2O4S/c21-17-6-2-3-7-18(17)30-14-15(27)13-25-9-11-26(12-10-25)31(28,29)19-8-4-1-5-16(19)20(22,23)24/h1-8,15,27H,9-14H2/t15-/m1/s1. The number of piperazine rings is 1. The van der Waals surface area contributed by atoms with E-state index in [1.54, 1.807) is 11.0 Å². The number of nitrogens with zero attached hydrogens (tertiary/aromatic N) is 2. The monoisotopic (exact) mass is 462 g/mol. The van der Waals surface area contributed by atoms with Crippen LogP contribution >= 0.6 is 0 Å². The molecule has 1 saturated heterocycles. The molecule has 1 atom stereocenters. The summed E-state index contributed by atoms with van der Waals surface area (Å²) in [5.74, 6) is -0.534. The summed E-state index contributed by atoms with van der Waals surface area (Å²) in [5, 5.41) is 10.1. The first-order valence-electron chi connectivity index (χ1n) is 9.53. The molecule has 1 aliphatic heterocycles. The molecule has 2 aromatic carbocycles. The zero-order chi connectivity index (χ0) is 22.6. The highest BCUT2D eigenvalue weighted by Gasteiger charge is 2.39. The molecule has 6 nitrogen and oxygen atoms in total. The summed E-state index contributed by atoms with van der Waals surface area (Å²) in [6.07, 6.45) is -5.73. The summed E-state index contributed by atoms with van der Waals surface area (Å²) in [4.78, 5) is 1.01. The van der Waals surface area contributed by atoms with E-state index in [-0.39, 0.29) is 45.1 Å². The van der Waals surface area contributed by atoms with E-state index in [1.165, 1.54) is 24.3 Å². The summed E-state index contributed by atoms with van der Waals surface area (Å²) >= 11 is 0. The van der Waals surface area contributed by atoms with Crippen LogP contribution < -0.4 is 4.74 Å². The number of ether oxygens (including phenoxy) is 1. The molecule has 3 rings (SSSR count). The number of halogens is 4. The number of β-amino-alcohol motifs (C(OH)–C–C–N with tert-alkyl or cyclic N) is 1. The Labute approximate surface area is 177 Å². The second kappa shape index (κ2) is 9.51. The molecule has 0 aliphatic carbocycles. The first-order chi connectivity index (χ1) is 14.6. The number of rotatable bonds is 7. The lowest BCUT2D eigenvalue weighted by Gasteiger charge is -2.35. The maximum Gasteiger partial charge on any atom is 0.417 e. The molecule has 1 aliphatic rings. The van der Waals surface area contributed by atoms with Gasteiger partial charge in [-0.3, -0.25) is 4.90 Å². The van der Waals surface area contributed by atoms with Gasteiger partial charge in [-0.15, -0.1) is 0 Å². The Balaban J connectivity index is 1.56. The van der Waals surface area contributed by atoms with Crippen LogP contribution in [0.4, 0.5) is 17.6 Å². The van der Waals surface area contributed by atoms with Crippen molar-refractivity contribution < 1.29 is 35.8 Å². The van der Waals surface area contributed by atoms with Crippen LogP contribution in [0.1, 0.15) is 5.56 Å². The molecule has 0 amide bonds. The Morgan fingerprint density at radius 1 is 1.00 bits per heavy atom. The van der Waals surface area contributed by atoms with Gasteiger partial charge in [0.05, 0.1) is 10.5 Å². The first kappa shape index (κ1) is 23.5. The van der Waals surface area contributed by atoms with Gasteiger partial charge in [0.15, 0.2) is 11.6 Å². The Hall–Kier alpha value is -2.21. The van der Waals surface area contributed by atoms with Crippen molar-refractivity contribution in [3.8, 4) is 5.75 Å². The number of alkyl halides is 3. The predicted molar refractivity (Wildman–Crippen MR) is 105 cm³/mol. The van der Waals surface area contributed by atoms with Gasteiger partial charge in [0.2, 0.25) is 10.0 Å². The van der Waals surface area contributed by atoms with Crippen molar-refractivity contribution in [2.45, 2.75) is 17.2 Å². The molecule has 0 spiro atoms. The Morgan fingerprint density at radius 3 is 2.26 bits per heavy atom. The van der Waals surface area contributed by atoms with Crippen molar-refractivity contribution in [3.05, 3.63) is 59.9 Å². The molecule has 31 heavy (non-hydrogen) atoms. The second-order valence-electron chi connectivity index (χ2n) is 7.09. The summed E-state index contributed by atoms with van der Waals surface area (Å²) in [7, 11) is -4.32. The van der Waals surface area contributed by atoms with Crippen molar-refractivity contribution in [1.29, 1.82) is 0 Å². The van der Waals surface area contributed by atoms with E-state index in [4.69, 9.17) is 4.74 Å². The summed E-state index contributed by atoms with van der Waals surface area (Å²) in [6, 6.07) is 9.88. The Bertz CT molecular complexity index is 993. The normalized spacial score (nSPS) is 17.5. The fourth-order valence-corrected chi connectivity index (χ4v) is 4.95. The van der Waals surface area contributed by atoms with Gasteiger partial charge in [-0.1, -0.05) is 24.3 Å². The van der Waals surface area contributed by atoms with Gasteiger partial charge in [-0.05, 0) is 24.3 Å². The van der Waals surface area contributed by atoms with Crippen molar-refractivity contribution in [3.63, 3.8) is 0 Å². The van der Waals surface area contributed by atoms with E-state index in [0.29, 0.717) is 0 Å². The molecule has 0 unspecified atom stereocenters. The summed E-state index contributed by atoms with van der Waals surface area (Å²) in [5.41, 5.74) is -1.20. The Morgan fingerprint density at radius 2 is 1.61 bits per heavy atom. The van der Waals surface area contributed by atoms with Gasteiger partial charge in [0, 0.05) is 32.7 Å². The van der Waals surface area contributed by atoms with Crippen LogP contribution in [0.25, 0.3) is 0 Å². The largest absolute Gasteiger partial charge is 0.488 e. The minimum absolute atomic E-state index is 0.0146. The third-order valence-corrected chi connectivity index (χ3v) is 6.84. The molecule has 11 heteroatoms. The average molecular weight is 462 g/mol. The number of aliphatic hydroxyl groups excluding tert-OH is 1. The number of sulfonamides is 1. The molecule has 1 heterocycles. The number of hydrogen-bond donors (Lipinski definition) is 1. The highest BCUT2D eigenvalue weighted by molar-refractivity contribution is 7.89. The van der Waals surface area contributed by atoms with Crippen LogP contribution in [0.15, 0.2) is 53.4 Å². The van der Waals surface area contributed by atoms with E-state index in [1.807, 2.05) is 0 Å². The number of aliphatic hydroxyl groups is 1. The number of hydrogen-bond acceptors (Lipinski definition) is 5. The van der Waals surface area contributed by atoms with Gasteiger partial charge in [-0.25, -0.2) is 12.8 Å². The summed E-state index contributed by atoms with van der Waals surface area (Å²) < 4.78 is 85.0. The fraction of sp³-hybridized carbons (Fsp3) is 0.400. The summed E-state index contributed by atoms with van der Waals surface area (Å²) in [6.45, 7) is 0.416. The Kier molecular flexibility index (Phi) is 7.20. The van der Waals surface area contributed by atoms with Crippen LogP contribution in [0.2, 0.25) is 0 Å². The zero-order valence-electron chi connectivity index (χ0n) is 16.4. The molecular weight excluding hydrogens is 440 g/mol. The fourth-order valence-electron chi connectivity index (χ4n) is 3.32. The third-order valence-electron chi connectivity index (χ3n) is 4.88. The van der Waals surface area contributed by atoms with Crippen LogP contribution in [0, 0.1) is 5.82 Å². The maximum absolute atomic E-state index is 13.5. The molecular formula is C20H22F4N2O4S. The van der Waals surface area contributed by atoms with Gasteiger partial charge in [0.1, 0.15) is 12.7 Å². The van der Waals surface area contributed by atoms with Crippen molar-refractivity contribution in [2.24, 2.45) is 0 Å². The van der Waals surface area contributed by atoms with Crippen LogP contribution in [-0.2, 0) is 16.2 Å². The van der Waals surface area contributed by atoms with Gasteiger partial charge >= 0.3 is 6.18 Å². The smallest absolute Gasteiger partial charge is 0.417 e. The lowest BCUT2D eigenvalue weighted by molar-refractivity contribution is -0.139. The van der Waals surface area contributed by atoms with E-state index >= 15 is 0 Å². The van der Waals surface area contributed by atoms with Gasteiger partial charge in [0.25, 0.3) is 0 Å². The van der Waals surface area contributed by atoms with E-state index in [9.17, 15) is 31.1 Å². The minimum Gasteiger partial charge on any atom is -0.488 e. The molecule has 0 radical (unpaired) electrons. The van der Waals surface area contributed by atoms with Crippen molar-refractivity contribution >= 4 is 10.0 Å². The zero-order valence-corrected chi connectivity index (χ0v) is 17.2. The van der Waals surface area contributed by atoms with E-state index < -0.39 is 38.6 Å². The number of benzene rings is 2. The molecule has 1 fully saturated rings. The van der Waals surface area contributed by atoms with Crippen LogP contribution in [0.3, 0.4) is 0 Å². The lowest BCUT2D eigenvalue weighted by Crippen LogP contribution is -2.51.